The van der Waals surface area contributed by atoms with E-state index in [0.29, 0.717) is 96.3 Å². The van der Waals surface area contributed by atoms with Crippen LogP contribution in [-0.2, 0) is 84.1 Å². The molecule has 0 aliphatic carbocycles. The molecule has 3 aliphatic heterocycles. The first-order valence-electron chi connectivity index (χ1n) is 42.2. The van der Waals surface area contributed by atoms with Gasteiger partial charge in [-0.3, -0.25) is 38.7 Å². The number of carbonyl (C=O) groups excluding carboxylic acids is 3. The van der Waals surface area contributed by atoms with Crippen LogP contribution in [0.15, 0.2) is 162 Å². The molecule has 13 aromatic rings. The van der Waals surface area contributed by atoms with Crippen molar-refractivity contribution in [2.75, 3.05) is 118 Å². The lowest BCUT2D eigenvalue weighted by Gasteiger charge is -2.36. The normalized spacial score (nSPS) is 12.8. The number of pyridine rings is 5. The first-order chi connectivity index (χ1) is 64.1. The predicted octanol–water partition coefficient (Wildman–Crippen LogP) is 14.0. The average Bonchev–Trinajstić information content (AvgIpc) is 1.65. The number of aliphatic carboxylic acids is 4. The Hall–Kier alpha value is -14.4. The van der Waals surface area contributed by atoms with E-state index in [4.69, 9.17) is 76.6 Å². The summed E-state index contributed by atoms with van der Waals surface area (Å²) in [6, 6.07) is 36.7. The molecule has 3 aliphatic rings. The van der Waals surface area contributed by atoms with Crippen LogP contribution in [0.25, 0.3) is 86.5 Å². The predicted molar refractivity (Wildman–Crippen MR) is 506 cm³/mol. The Kier molecular flexibility index (Phi) is 38.4. The van der Waals surface area contributed by atoms with E-state index in [1.807, 2.05) is 111 Å². The minimum atomic E-state index is -1.00. The number of azide groups is 3. The number of fused-ring (bicyclic) bond motifs is 5. The summed E-state index contributed by atoms with van der Waals surface area (Å²) in [5.41, 5.74) is 39.1. The summed E-state index contributed by atoms with van der Waals surface area (Å²) in [5.74, 6) is -4.11. The third-order valence-electron chi connectivity index (χ3n) is 21.1. The lowest BCUT2D eigenvalue weighted by atomic mass is 10.2. The van der Waals surface area contributed by atoms with Gasteiger partial charge in [0.15, 0.2) is 28.2 Å². The molecule has 46 heteroatoms. The van der Waals surface area contributed by atoms with Gasteiger partial charge >= 0.3 is 29.8 Å². The first kappa shape index (κ1) is 101. The smallest absolute Gasteiger partial charge is 0.327 e. The fourth-order valence-electron chi connectivity index (χ4n) is 14.3. The highest BCUT2D eigenvalue weighted by Gasteiger charge is 2.27. The molecule has 0 saturated carbocycles. The highest BCUT2D eigenvalue weighted by atomic mass is 35.5. The van der Waals surface area contributed by atoms with Gasteiger partial charge in [0, 0.05) is 208 Å². The minimum absolute atomic E-state index is 0.00711. The Morgan fingerprint density at radius 2 is 0.782 bits per heavy atom. The van der Waals surface area contributed by atoms with Crippen molar-refractivity contribution in [1.29, 1.82) is 0 Å². The molecular formula is C87H100Cl3N30O12P. The molecule has 10 aromatic heterocycles. The number of esters is 1. The third kappa shape index (κ3) is 29.6. The van der Waals surface area contributed by atoms with Gasteiger partial charge in [0.1, 0.15) is 26.2 Å². The van der Waals surface area contributed by atoms with E-state index in [-0.39, 0.29) is 82.9 Å². The van der Waals surface area contributed by atoms with Crippen molar-refractivity contribution in [3.05, 3.63) is 238 Å². The molecule has 13 heterocycles. The van der Waals surface area contributed by atoms with Gasteiger partial charge in [-0.25, -0.2) is 43.6 Å². The summed E-state index contributed by atoms with van der Waals surface area (Å²) in [6.45, 7) is 22.3. The molecular weight excluding hydrogens is 1790 g/mol. The summed E-state index contributed by atoms with van der Waals surface area (Å²) in [7, 11) is -0.801. The van der Waals surface area contributed by atoms with Crippen molar-refractivity contribution in [2.45, 2.75) is 107 Å². The van der Waals surface area contributed by atoms with Crippen molar-refractivity contribution in [3.8, 4) is 0 Å². The van der Waals surface area contributed by atoms with Crippen molar-refractivity contribution in [2.24, 2.45) is 15.3 Å². The van der Waals surface area contributed by atoms with E-state index >= 15 is 0 Å². The number of aromatic nitrogens is 15. The summed E-state index contributed by atoms with van der Waals surface area (Å²) in [6.07, 6.45) is 9.42. The number of benzene rings is 3. The zero-order valence-corrected chi connectivity index (χ0v) is 77.1. The number of nitrogens with one attached hydrogen (secondary N) is 2. The second-order valence-electron chi connectivity index (χ2n) is 30.2. The van der Waals surface area contributed by atoms with Crippen LogP contribution in [0.4, 0.5) is 17.1 Å². The number of aryl methyl sites for hydroxylation is 5. The molecule has 42 nitrogen and oxygen atoms in total. The van der Waals surface area contributed by atoms with Crippen LogP contribution >= 0.6 is 42.7 Å². The Bertz CT molecular complexity index is 6110. The van der Waals surface area contributed by atoms with Crippen LogP contribution in [0.2, 0.25) is 15.1 Å². The van der Waals surface area contributed by atoms with Crippen molar-refractivity contribution in [3.63, 3.8) is 0 Å². The maximum Gasteiger partial charge on any atom is 0.327 e. The summed E-state index contributed by atoms with van der Waals surface area (Å²) < 4.78 is 10.9. The number of anilines is 3. The number of nitrogens with zero attached hydrogens (tertiary/aromatic N) is 28. The molecule has 6 N–H and O–H groups in total. The van der Waals surface area contributed by atoms with Crippen LogP contribution in [0.5, 0.6) is 0 Å². The molecule has 0 atom stereocenters. The van der Waals surface area contributed by atoms with Crippen LogP contribution in [-0.4, -0.2) is 250 Å². The number of carboxylic acids is 4. The van der Waals surface area contributed by atoms with Crippen LogP contribution in [0, 0.1) is 34.6 Å². The fourth-order valence-corrected chi connectivity index (χ4v) is 16.8. The number of aromatic amines is 1. The Morgan fingerprint density at radius 3 is 1.14 bits per heavy atom. The number of ether oxygens (including phenoxy) is 1. The maximum atomic E-state index is 12.9. The number of halogens is 3. The van der Waals surface area contributed by atoms with Gasteiger partial charge in [-0.2, -0.15) is 25.5 Å². The topological polar surface area (TPSA) is 549 Å². The molecule has 696 valence electrons. The number of H-pyrrole nitrogens is 1. The van der Waals surface area contributed by atoms with Gasteiger partial charge in [-0.1, -0.05) is 50.1 Å². The number of carboxylic acid groups (broad SMARTS) is 4. The van der Waals surface area contributed by atoms with Crippen molar-refractivity contribution >= 4 is 157 Å². The second-order valence-corrected chi connectivity index (χ2v) is 34.1. The van der Waals surface area contributed by atoms with Gasteiger partial charge < -0.3 is 55.0 Å². The zero-order chi connectivity index (χ0) is 95.5. The van der Waals surface area contributed by atoms with Crippen molar-refractivity contribution < 1.29 is 58.7 Å². The number of piperazine rings is 3. The standard InChI is InChI=1S/2C20H21ClN8O.C11H15ClN2.C11H13N3O2.C9H8N6O2.C9H15O6P.C7H7N3/c2*1-14-11-15(4-5-17(14)21)27-7-9-28(10-8-27)19(30)13-29-20-16(3-2-6-23-20)18(25-29)12-24-26-22;1-9-8-10(2-3-11(9)12)14-6-4-13-5-7-14;1-3-16-10(15)7-14-11-9(8(2)13-14)5-4-6-12-11;10-14-12-4-7-6-2-1-3-11-9(6)15(13-7)5-8(16)17;10-7(11)1-4-16(5-2-8(12)13)6-3-9(14)15;1-5-6-3-2-4-8-7(6)10-9-5/h2*2-6,11H,7-10,12-13H2,1H3;2-3,8,13H,4-7H2,1H3;4-6H,3,7H2,1-2H3;1-3H,4-5H2,(H,16,17);1-6H2,(H,10,11)(H,12,13)(H,14,15);2-4H,1H3,(H,8,9,10). The van der Waals surface area contributed by atoms with Gasteiger partial charge in [0.05, 0.1) is 49.0 Å². The lowest BCUT2D eigenvalue weighted by molar-refractivity contribution is -0.144. The first-order valence-corrected chi connectivity index (χ1v) is 45.2. The lowest BCUT2D eigenvalue weighted by Crippen LogP contribution is -2.49. The molecule has 3 aromatic carbocycles. The van der Waals surface area contributed by atoms with E-state index in [2.05, 4.69) is 130 Å². The van der Waals surface area contributed by atoms with Crippen LogP contribution in [0.3, 0.4) is 0 Å². The van der Waals surface area contributed by atoms with Crippen molar-refractivity contribution in [1.82, 2.24) is 89.4 Å². The summed E-state index contributed by atoms with van der Waals surface area (Å²) in [4.78, 5) is 119. The molecule has 133 heavy (non-hydrogen) atoms. The molecule has 16 rings (SSSR count). The van der Waals surface area contributed by atoms with E-state index in [9.17, 15) is 33.6 Å². The summed E-state index contributed by atoms with van der Waals surface area (Å²) >= 11 is 18.2. The highest BCUT2D eigenvalue weighted by molar-refractivity contribution is 7.57. The molecule has 0 radical (unpaired) electrons. The monoisotopic (exact) mass is 1890 g/mol. The zero-order valence-electron chi connectivity index (χ0n) is 73.9. The van der Waals surface area contributed by atoms with E-state index < -0.39 is 31.8 Å². The SMILES string of the molecule is CCOC(=O)Cn1nc(C)c2cccnc21.Cc1[nH]nc2ncccc12.Cc1cc(N2CCN(C(=O)Cn3nc(CN=[N+]=[N-])c4cccnc43)CC2)ccc1Cl.Cc1cc(N2CCN(C(=O)Cn3nc(CN=[N+]=[N-])c4cccnc43)CC2)ccc1Cl.Cc1cc(N2CCNCC2)ccc1Cl.O=C(O)CCP(CCC(=O)O)CCC(=O)O.[N-]=[N+]=NCc1nn(CC(=O)O)c2ncccc12. The fraction of sp³-hybridized carbons (Fsp3) is 0.368. The Balaban J connectivity index is 0.000000166. The number of carbonyl (C=O) groups is 7. The maximum absolute atomic E-state index is 12.9. The summed E-state index contributed by atoms with van der Waals surface area (Å²) in [5, 5.41) is 79.0. The second kappa shape index (κ2) is 50.7. The number of hydrogen-bond donors (Lipinski definition) is 6. The Labute approximate surface area is 778 Å². The molecule has 2 amide bonds. The highest BCUT2D eigenvalue weighted by Crippen LogP contribution is 2.38. The number of amides is 2. The minimum Gasteiger partial charge on any atom is -0.481 e. The third-order valence-corrected chi connectivity index (χ3v) is 24.9. The van der Waals surface area contributed by atoms with Gasteiger partial charge in [0.25, 0.3) is 0 Å². The quantitative estimate of drug-likeness (QED) is 0.00915. The van der Waals surface area contributed by atoms with Crippen LogP contribution in [0.1, 0.15) is 71.3 Å². The van der Waals surface area contributed by atoms with E-state index in [1.165, 1.54) is 10.4 Å². The Morgan fingerprint density at radius 1 is 0.436 bits per heavy atom. The molecule has 3 saturated heterocycles. The van der Waals surface area contributed by atoms with E-state index in [1.54, 1.807) is 76.2 Å². The largest absolute Gasteiger partial charge is 0.481 e. The molecule has 3 fully saturated rings. The van der Waals surface area contributed by atoms with Gasteiger partial charge in [0.2, 0.25) is 11.8 Å². The number of rotatable bonds is 27. The molecule has 0 unspecified atom stereocenters. The van der Waals surface area contributed by atoms with Crippen LogP contribution < -0.4 is 20.0 Å². The molecule has 0 bridgehead atoms. The average molecular weight is 1900 g/mol. The van der Waals surface area contributed by atoms with E-state index in [0.717, 1.165) is 134 Å². The van der Waals surface area contributed by atoms with Gasteiger partial charge in [-0.05, 0) is 209 Å². The van der Waals surface area contributed by atoms with Gasteiger partial charge in [-0.15, -0.1) is 7.92 Å². The molecule has 0 spiro atoms. The number of hydrogen-bond acceptors (Lipinski definition) is 25.